The first-order valence-electron chi connectivity index (χ1n) is 5.82. The molecule has 1 aromatic rings. The first-order valence-corrected chi connectivity index (χ1v) is 5.82. The molecule has 0 heterocycles. The summed E-state index contributed by atoms with van der Waals surface area (Å²) in [6, 6.07) is 2.84. The average molecular weight is 273 g/mol. The van der Waals surface area contributed by atoms with Crippen LogP contribution in [-0.2, 0) is 6.18 Å². The SMILES string of the molecule is CC1(C)CC1Nc1ccc(C(F)(F)F)cc1C(=O)O. The number of rotatable bonds is 3. The molecule has 104 valence electrons. The van der Waals surface area contributed by atoms with E-state index in [2.05, 4.69) is 5.32 Å². The van der Waals surface area contributed by atoms with E-state index >= 15 is 0 Å². The Kier molecular flexibility index (Phi) is 2.99. The predicted octanol–water partition coefficient (Wildman–Crippen LogP) is 3.61. The quantitative estimate of drug-likeness (QED) is 0.884. The number of carbonyl (C=O) groups is 1. The van der Waals surface area contributed by atoms with Crippen molar-refractivity contribution in [2.45, 2.75) is 32.5 Å². The zero-order valence-electron chi connectivity index (χ0n) is 10.5. The summed E-state index contributed by atoms with van der Waals surface area (Å²) in [4.78, 5) is 11.1. The molecule has 0 aliphatic heterocycles. The van der Waals surface area contributed by atoms with Gasteiger partial charge in [0.25, 0.3) is 0 Å². The highest BCUT2D eigenvalue weighted by molar-refractivity contribution is 5.94. The molecule has 1 saturated carbocycles. The highest BCUT2D eigenvalue weighted by atomic mass is 19.4. The van der Waals surface area contributed by atoms with Crippen molar-refractivity contribution in [1.29, 1.82) is 0 Å². The third-order valence-corrected chi connectivity index (χ3v) is 3.42. The van der Waals surface area contributed by atoms with Crippen LogP contribution in [0.4, 0.5) is 18.9 Å². The van der Waals surface area contributed by atoms with Gasteiger partial charge in [0, 0.05) is 11.7 Å². The molecule has 6 heteroatoms. The molecular weight excluding hydrogens is 259 g/mol. The molecule has 0 spiro atoms. The Labute approximate surface area is 108 Å². The van der Waals surface area contributed by atoms with Gasteiger partial charge in [-0.15, -0.1) is 0 Å². The number of nitrogens with one attached hydrogen (secondary N) is 1. The molecule has 0 aromatic heterocycles. The number of hydrogen-bond acceptors (Lipinski definition) is 2. The van der Waals surface area contributed by atoms with Gasteiger partial charge in [-0.3, -0.25) is 0 Å². The molecule has 19 heavy (non-hydrogen) atoms. The molecule has 0 saturated heterocycles. The van der Waals surface area contributed by atoms with E-state index in [9.17, 15) is 18.0 Å². The Balaban J connectivity index is 2.31. The minimum atomic E-state index is -4.54. The zero-order valence-corrected chi connectivity index (χ0v) is 10.5. The number of anilines is 1. The summed E-state index contributed by atoms with van der Waals surface area (Å²) in [5, 5.41) is 12.0. The van der Waals surface area contributed by atoms with Crippen LogP contribution in [0, 0.1) is 5.41 Å². The lowest BCUT2D eigenvalue weighted by Gasteiger charge is -2.13. The second kappa shape index (κ2) is 4.15. The summed E-state index contributed by atoms with van der Waals surface area (Å²) in [6.45, 7) is 4.02. The topological polar surface area (TPSA) is 49.3 Å². The van der Waals surface area contributed by atoms with Crippen molar-refractivity contribution in [3.63, 3.8) is 0 Å². The molecule has 0 bridgehead atoms. The second-order valence-electron chi connectivity index (χ2n) is 5.45. The molecule has 1 atom stereocenters. The first-order chi connectivity index (χ1) is 8.61. The number of halogens is 3. The molecule has 2 N–H and O–H groups in total. The van der Waals surface area contributed by atoms with Crippen LogP contribution in [0.25, 0.3) is 0 Å². The molecule has 0 radical (unpaired) electrons. The first kappa shape index (κ1) is 13.7. The smallest absolute Gasteiger partial charge is 0.416 e. The summed E-state index contributed by atoms with van der Waals surface area (Å²) in [5.74, 6) is -1.37. The van der Waals surface area contributed by atoms with Crippen LogP contribution in [0.1, 0.15) is 36.2 Å². The van der Waals surface area contributed by atoms with Crippen molar-refractivity contribution in [3.05, 3.63) is 29.3 Å². The highest BCUT2D eigenvalue weighted by Crippen LogP contribution is 2.47. The van der Waals surface area contributed by atoms with Crippen LogP contribution in [0.3, 0.4) is 0 Å². The van der Waals surface area contributed by atoms with Gasteiger partial charge in [0.1, 0.15) is 0 Å². The third kappa shape index (κ3) is 2.83. The average Bonchev–Trinajstić information content (AvgIpc) is 2.84. The van der Waals surface area contributed by atoms with Gasteiger partial charge in [-0.2, -0.15) is 13.2 Å². The number of hydrogen-bond donors (Lipinski definition) is 2. The number of benzene rings is 1. The van der Waals surface area contributed by atoms with Gasteiger partial charge in [0.2, 0.25) is 0 Å². The van der Waals surface area contributed by atoms with Crippen LogP contribution in [0.2, 0.25) is 0 Å². The fraction of sp³-hybridized carbons (Fsp3) is 0.462. The molecule has 2 rings (SSSR count). The lowest BCUT2D eigenvalue weighted by Crippen LogP contribution is -2.14. The van der Waals surface area contributed by atoms with E-state index in [0.717, 1.165) is 12.5 Å². The van der Waals surface area contributed by atoms with Gasteiger partial charge < -0.3 is 10.4 Å². The maximum atomic E-state index is 12.5. The van der Waals surface area contributed by atoms with Crippen LogP contribution < -0.4 is 5.32 Å². The van der Waals surface area contributed by atoms with E-state index in [1.165, 1.54) is 6.07 Å². The van der Waals surface area contributed by atoms with Crippen molar-refractivity contribution < 1.29 is 23.1 Å². The van der Waals surface area contributed by atoms with Crippen molar-refractivity contribution >= 4 is 11.7 Å². The van der Waals surface area contributed by atoms with E-state index in [0.29, 0.717) is 6.07 Å². The predicted molar refractivity (Wildman–Crippen MR) is 64.2 cm³/mol. The van der Waals surface area contributed by atoms with Gasteiger partial charge >= 0.3 is 12.1 Å². The fourth-order valence-corrected chi connectivity index (χ4v) is 1.92. The van der Waals surface area contributed by atoms with Crippen LogP contribution in [0.5, 0.6) is 0 Å². The van der Waals surface area contributed by atoms with Crippen LogP contribution in [-0.4, -0.2) is 17.1 Å². The Bertz CT molecular complexity index is 523. The van der Waals surface area contributed by atoms with E-state index in [1.807, 2.05) is 13.8 Å². The second-order valence-corrected chi connectivity index (χ2v) is 5.45. The molecule has 0 amide bonds. The van der Waals surface area contributed by atoms with E-state index < -0.39 is 17.7 Å². The minimum absolute atomic E-state index is 0.0540. The lowest BCUT2D eigenvalue weighted by molar-refractivity contribution is -0.137. The summed E-state index contributed by atoms with van der Waals surface area (Å²) >= 11 is 0. The number of aromatic carboxylic acids is 1. The van der Waals surface area contributed by atoms with Gasteiger partial charge in [0.05, 0.1) is 11.1 Å². The third-order valence-electron chi connectivity index (χ3n) is 3.42. The van der Waals surface area contributed by atoms with Crippen molar-refractivity contribution in [2.75, 3.05) is 5.32 Å². The monoisotopic (exact) mass is 273 g/mol. The van der Waals surface area contributed by atoms with Gasteiger partial charge in [-0.05, 0) is 30.0 Å². The van der Waals surface area contributed by atoms with Gasteiger partial charge in [-0.1, -0.05) is 13.8 Å². The van der Waals surface area contributed by atoms with Gasteiger partial charge in [-0.25, -0.2) is 4.79 Å². The number of carboxylic acids is 1. The van der Waals surface area contributed by atoms with Crippen molar-refractivity contribution in [2.24, 2.45) is 5.41 Å². The Morgan fingerprint density at radius 3 is 2.42 bits per heavy atom. The fourth-order valence-electron chi connectivity index (χ4n) is 1.92. The molecule has 1 aliphatic rings. The van der Waals surface area contributed by atoms with E-state index in [1.54, 1.807) is 0 Å². The molecular formula is C13H14F3NO2. The van der Waals surface area contributed by atoms with Crippen molar-refractivity contribution in [3.8, 4) is 0 Å². The maximum absolute atomic E-state index is 12.5. The summed E-state index contributed by atoms with van der Waals surface area (Å²) in [5.41, 5.74) is -1.02. The lowest BCUT2D eigenvalue weighted by atomic mass is 10.1. The molecule has 1 unspecified atom stereocenters. The summed E-state index contributed by atoms with van der Waals surface area (Å²) in [6.07, 6.45) is -3.67. The minimum Gasteiger partial charge on any atom is -0.478 e. The molecule has 1 aliphatic carbocycles. The van der Waals surface area contributed by atoms with E-state index in [4.69, 9.17) is 5.11 Å². The number of alkyl halides is 3. The van der Waals surface area contributed by atoms with Crippen LogP contribution >= 0.6 is 0 Å². The Morgan fingerprint density at radius 1 is 1.42 bits per heavy atom. The van der Waals surface area contributed by atoms with E-state index in [-0.39, 0.29) is 22.7 Å². The molecule has 1 fully saturated rings. The van der Waals surface area contributed by atoms with Crippen LogP contribution in [0.15, 0.2) is 18.2 Å². The molecule has 1 aromatic carbocycles. The highest BCUT2D eigenvalue weighted by Gasteiger charge is 2.46. The zero-order chi connectivity index (χ0) is 14.4. The Hall–Kier alpha value is -1.72. The number of carboxylic acid groups (broad SMARTS) is 1. The van der Waals surface area contributed by atoms with Gasteiger partial charge in [0.15, 0.2) is 0 Å². The molecule has 3 nitrogen and oxygen atoms in total. The Morgan fingerprint density at radius 2 is 2.00 bits per heavy atom. The normalized spacial score (nSPS) is 21.0. The maximum Gasteiger partial charge on any atom is 0.416 e. The summed E-state index contributed by atoms with van der Waals surface area (Å²) in [7, 11) is 0. The largest absolute Gasteiger partial charge is 0.478 e. The standard InChI is InChI=1S/C13H14F3NO2/c1-12(2)6-10(12)17-9-4-3-7(13(14,15)16)5-8(9)11(18)19/h3-5,10,17H,6H2,1-2H3,(H,18,19). The van der Waals surface area contributed by atoms with Crippen molar-refractivity contribution in [1.82, 2.24) is 0 Å². The summed E-state index contributed by atoms with van der Waals surface area (Å²) < 4.78 is 37.6.